The van der Waals surface area contributed by atoms with Crippen molar-refractivity contribution in [3.05, 3.63) is 39.8 Å². The molecule has 0 spiro atoms. The molecule has 2 aromatic rings. The molecule has 1 aliphatic rings. The quantitative estimate of drug-likeness (QED) is 0.788. The van der Waals surface area contributed by atoms with Crippen molar-refractivity contribution in [1.29, 1.82) is 0 Å². The summed E-state index contributed by atoms with van der Waals surface area (Å²) in [5.41, 5.74) is 0.810. The van der Waals surface area contributed by atoms with Gasteiger partial charge < -0.3 is 15.0 Å². The fourth-order valence-corrected chi connectivity index (χ4v) is 2.97. The summed E-state index contributed by atoms with van der Waals surface area (Å²) in [6.45, 7) is 2.84. The van der Waals surface area contributed by atoms with Gasteiger partial charge in [-0.25, -0.2) is 19.1 Å². The fourth-order valence-electron chi connectivity index (χ4n) is 2.97. The largest absolute Gasteiger partial charge is 0.494 e. The van der Waals surface area contributed by atoms with Gasteiger partial charge in [-0.1, -0.05) is 0 Å². The van der Waals surface area contributed by atoms with Crippen LogP contribution in [0.25, 0.3) is 0 Å². The highest BCUT2D eigenvalue weighted by atomic mass is 19.1. The third-order valence-electron chi connectivity index (χ3n) is 4.43. The van der Waals surface area contributed by atoms with Gasteiger partial charge in [0, 0.05) is 30.8 Å². The number of urea groups is 1. The number of aromatic nitrogens is 3. The van der Waals surface area contributed by atoms with E-state index in [2.05, 4.69) is 20.5 Å². The average Bonchev–Trinajstić information content (AvgIpc) is 3.04. The minimum Gasteiger partial charge on any atom is -0.494 e. The lowest BCUT2D eigenvalue weighted by molar-refractivity contribution is 0.193. The Labute approximate surface area is 143 Å². The van der Waals surface area contributed by atoms with Gasteiger partial charge in [0.15, 0.2) is 11.6 Å². The van der Waals surface area contributed by atoms with E-state index >= 15 is 0 Å². The average molecular weight is 349 g/mol. The van der Waals surface area contributed by atoms with Gasteiger partial charge in [-0.15, -0.1) is 0 Å². The number of ether oxygens (including phenoxy) is 1. The number of carbonyl (C=O) groups excluding carboxylic acids is 1. The molecule has 134 valence electrons. The van der Waals surface area contributed by atoms with E-state index in [0.717, 1.165) is 5.56 Å². The molecule has 1 aromatic heterocycles. The van der Waals surface area contributed by atoms with E-state index in [4.69, 9.17) is 4.74 Å². The molecule has 2 amide bonds. The highest BCUT2D eigenvalue weighted by molar-refractivity contribution is 5.90. The van der Waals surface area contributed by atoms with Gasteiger partial charge in [-0.05, 0) is 31.4 Å². The third-order valence-corrected chi connectivity index (χ3v) is 4.43. The molecule has 1 aliphatic heterocycles. The summed E-state index contributed by atoms with van der Waals surface area (Å²) < 4.78 is 18.8. The van der Waals surface area contributed by atoms with Crippen LogP contribution in [0.1, 0.15) is 30.1 Å². The molecule has 0 atom stereocenters. The third kappa shape index (κ3) is 3.65. The van der Waals surface area contributed by atoms with Crippen LogP contribution >= 0.6 is 0 Å². The van der Waals surface area contributed by atoms with Crippen molar-refractivity contribution >= 4 is 11.7 Å². The van der Waals surface area contributed by atoms with Gasteiger partial charge in [-0.2, -0.15) is 5.10 Å². The molecule has 1 aromatic carbocycles. The first-order valence-electron chi connectivity index (χ1n) is 8.02. The Morgan fingerprint density at radius 2 is 2.12 bits per heavy atom. The summed E-state index contributed by atoms with van der Waals surface area (Å²) >= 11 is 0. The predicted octanol–water partition coefficient (Wildman–Crippen LogP) is 1.97. The number of hydrogen-bond acceptors (Lipinski definition) is 4. The zero-order valence-corrected chi connectivity index (χ0v) is 14.1. The molecule has 2 heterocycles. The Hall–Kier alpha value is -2.84. The second-order valence-corrected chi connectivity index (χ2v) is 6.06. The molecule has 9 heteroatoms. The molecule has 3 rings (SSSR count). The lowest BCUT2D eigenvalue weighted by atomic mass is 9.96. The molecular formula is C16H20FN5O3. The first kappa shape index (κ1) is 17.0. The standard InChI is InChI=1S/C16H20FN5O3/c1-9-7-13(25-2)11(17)8-12(9)18-16(24)22-5-3-10(4-6-22)14-19-15(23)21-20-14/h7-8,10H,3-6H2,1-2H3,(H,18,24)(H2,19,20,21,23). The predicted molar refractivity (Wildman–Crippen MR) is 89.5 cm³/mol. The van der Waals surface area contributed by atoms with Crippen molar-refractivity contribution in [2.75, 3.05) is 25.5 Å². The van der Waals surface area contributed by atoms with Crippen molar-refractivity contribution in [1.82, 2.24) is 20.1 Å². The molecule has 3 N–H and O–H groups in total. The number of aromatic amines is 2. The summed E-state index contributed by atoms with van der Waals surface area (Å²) in [5, 5.41) is 9.05. The lowest BCUT2D eigenvalue weighted by Crippen LogP contribution is -2.40. The highest BCUT2D eigenvalue weighted by Gasteiger charge is 2.26. The Morgan fingerprint density at radius 3 is 2.72 bits per heavy atom. The molecule has 0 radical (unpaired) electrons. The zero-order chi connectivity index (χ0) is 18.0. The van der Waals surface area contributed by atoms with Crippen LogP contribution in [-0.2, 0) is 0 Å². The van der Waals surface area contributed by atoms with E-state index in [1.54, 1.807) is 17.9 Å². The van der Waals surface area contributed by atoms with Crippen LogP contribution in [0.2, 0.25) is 0 Å². The summed E-state index contributed by atoms with van der Waals surface area (Å²) in [6.07, 6.45) is 1.40. The van der Waals surface area contributed by atoms with Crippen molar-refractivity contribution in [2.45, 2.75) is 25.7 Å². The second kappa shape index (κ2) is 6.96. The number of nitrogens with one attached hydrogen (secondary N) is 3. The summed E-state index contributed by atoms with van der Waals surface area (Å²) in [6, 6.07) is 2.53. The molecule has 0 saturated carbocycles. The van der Waals surface area contributed by atoms with Crippen LogP contribution in [-0.4, -0.2) is 46.3 Å². The first-order chi connectivity index (χ1) is 12.0. The molecule has 0 aliphatic carbocycles. The van der Waals surface area contributed by atoms with Crippen molar-refractivity contribution in [2.24, 2.45) is 0 Å². The Bertz CT molecular complexity index is 823. The number of H-pyrrole nitrogens is 2. The number of carbonyl (C=O) groups is 1. The van der Waals surface area contributed by atoms with Crippen LogP contribution < -0.4 is 15.7 Å². The number of aryl methyl sites for hydroxylation is 1. The van der Waals surface area contributed by atoms with Crippen LogP contribution in [0.5, 0.6) is 5.75 Å². The van der Waals surface area contributed by atoms with Gasteiger partial charge in [0.2, 0.25) is 0 Å². The number of methoxy groups -OCH3 is 1. The van der Waals surface area contributed by atoms with Gasteiger partial charge in [0.25, 0.3) is 0 Å². The monoisotopic (exact) mass is 349 g/mol. The maximum Gasteiger partial charge on any atom is 0.340 e. The number of likely N-dealkylation sites (tertiary alicyclic amines) is 1. The molecule has 0 unspecified atom stereocenters. The molecule has 1 saturated heterocycles. The summed E-state index contributed by atoms with van der Waals surface area (Å²) in [7, 11) is 1.40. The Kier molecular flexibility index (Phi) is 4.73. The smallest absolute Gasteiger partial charge is 0.340 e. The lowest BCUT2D eigenvalue weighted by Gasteiger charge is -2.31. The van der Waals surface area contributed by atoms with E-state index < -0.39 is 5.82 Å². The SMILES string of the molecule is COc1cc(C)c(NC(=O)N2CCC(c3n[nH]c(=O)[nH]3)CC2)cc1F. The number of hydrogen-bond donors (Lipinski definition) is 3. The van der Waals surface area contributed by atoms with Gasteiger partial charge in [0.1, 0.15) is 5.82 Å². The number of anilines is 1. The van der Waals surface area contributed by atoms with E-state index in [1.165, 1.54) is 13.2 Å². The van der Waals surface area contributed by atoms with Gasteiger partial charge in [-0.3, -0.25) is 4.98 Å². The van der Waals surface area contributed by atoms with Gasteiger partial charge >= 0.3 is 11.7 Å². The van der Waals surface area contributed by atoms with Crippen molar-refractivity contribution < 1.29 is 13.9 Å². The van der Waals surface area contributed by atoms with E-state index in [-0.39, 0.29) is 23.4 Å². The minimum atomic E-state index is -0.524. The summed E-state index contributed by atoms with van der Waals surface area (Å²) in [4.78, 5) is 27.9. The zero-order valence-electron chi connectivity index (χ0n) is 14.1. The van der Waals surface area contributed by atoms with Crippen molar-refractivity contribution in [3.8, 4) is 5.75 Å². The Morgan fingerprint density at radius 1 is 1.40 bits per heavy atom. The molecular weight excluding hydrogens is 329 g/mol. The molecule has 25 heavy (non-hydrogen) atoms. The number of benzene rings is 1. The fraction of sp³-hybridized carbons (Fsp3) is 0.438. The number of halogens is 1. The first-order valence-corrected chi connectivity index (χ1v) is 8.02. The highest BCUT2D eigenvalue weighted by Crippen LogP contribution is 2.27. The van der Waals surface area contributed by atoms with Crippen LogP contribution in [0.15, 0.2) is 16.9 Å². The molecule has 8 nitrogen and oxygen atoms in total. The van der Waals surface area contributed by atoms with Crippen LogP contribution in [0, 0.1) is 12.7 Å². The topological polar surface area (TPSA) is 103 Å². The number of nitrogens with zero attached hydrogens (tertiary/aromatic N) is 2. The minimum absolute atomic E-state index is 0.114. The van der Waals surface area contributed by atoms with Gasteiger partial charge in [0.05, 0.1) is 7.11 Å². The van der Waals surface area contributed by atoms with E-state index in [9.17, 15) is 14.0 Å². The summed E-state index contributed by atoms with van der Waals surface area (Å²) in [5.74, 6) is 0.357. The van der Waals surface area contributed by atoms with Crippen LogP contribution in [0.4, 0.5) is 14.9 Å². The Balaban J connectivity index is 1.61. The van der Waals surface area contributed by atoms with Crippen molar-refractivity contribution in [3.63, 3.8) is 0 Å². The number of rotatable bonds is 3. The van der Waals surface area contributed by atoms with Crippen LogP contribution in [0.3, 0.4) is 0 Å². The second-order valence-electron chi connectivity index (χ2n) is 6.06. The maximum atomic E-state index is 13.8. The van der Waals surface area contributed by atoms with E-state index in [1.807, 2.05) is 0 Å². The van der Waals surface area contributed by atoms with E-state index in [0.29, 0.717) is 37.4 Å². The normalized spacial score (nSPS) is 15.2. The number of piperidine rings is 1. The molecule has 0 bridgehead atoms. The molecule has 1 fully saturated rings. The number of amides is 2. The maximum absolute atomic E-state index is 13.8.